The van der Waals surface area contributed by atoms with E-state index >= 15 is 0 Å². The van der Waals surface area contributed by atoms with Gasteiger partial charge in [0.15, 0.2) is 0 Å². The van der Waals surface area contributed by atoms with Gasteiger partial charge in [-0.3, -0.25) is 10.2 Å². The molecule has 0 spiro atoms. The average Bonchev–Trinajstić information content (AvgIpc) is 2.29. The minimum absolute atomic E-state index is 0.163. The van der Waals surface area contributed by atoms with E-state index in [9.17, 15) is 9.90 Å². The van der Waals surface area contributed by atoms with Crippen molar-refractivity contribution in [3.05, 3.63) is 28.8 Å². The lowest BCUT2D eigenvalue weighted by molar-refractivity contribution is -0.120. The van der Waals surface area contributed by atoms with Gasteiger partial charge in [0, 0.05) is 0 Å². The van der Waals surface area contributed by atoms with Crippen molar-refractivity contribution in [3.8, 4) is 5.75 Å². The highest BCUT2D eigenvalue weighted by atomic mass is 16.3. The van der Waals surface area contributed by atoms with Crippen LogP contribution in [0, 0.1) is 0 Å². The molecule has 4 nitrogen and oxygen atoms in total. The summed E-state index contributed by atoms with van der Waals surface area (Å²) in [6.07, 6.45) is 0.958. The fraction of sp³-hybridized carbons (Fsp3) is 0.500. The molecule has 0 aliphatic rings. The van der Waals surface area contributed by atoms with E-state index in [0.717, 1.165) is 23.1 Å². The van der Waals surface area contributed by atoms with Crippen molar-refractivity contribution in [1.82, 2.24) is 5.43 Å². The molecule has 0 saturated heterocycles. The molecule has 0 unspecified atom stereocenters. The van der Waals surface area contributed by atoms with Crippen LogP contribution >= 0.6 is 0 Å². The minimum Gasteiger partial charge on any atom is -0.507 e. The summed E-state index contributed by atoms with van der Waals surface area (Å²) >= 11 is 0. The first-order valence-electron chi connectivity index (χ1n) is 6.14. The first kappa shape index (κ1) is 14.5. The van der Waals surface area contributed by atoms with Crippen LogP contribution in [0.3, 0.4) is 0 Å². The third kappa shape index (κ3) is 3.23. The van der Waals surface area contributed by atoms with Gasteiger partial charge in [0.2, 0.25) is 5.91 Å². The Morgan fingerprint density at radius 1 is 1.39 bits per heavy atom. The van der Waals surface area contributed by atoms with Gasteiger partial charge in [-0.25, -0.2) is 5.84 Å². The van der Waals surface area contributed by atoms with Crippen molar-refractivity contribution in [2.24, 2.45) is 5.84 Å². The molecule has 0 aliphatic heterocycles. The summed E-state index contributed by atoms with van der Waals surface area (Å²) in [5.41, 5.74) is 4.56. The van der Waals surface area contributed by atoms with Crippen LogP contribution < -0.4 is 11.3 Å². The van der Waals surface area contributed by atoms with Gasteiger partial charge >= 0.3 is 0 Å². The molecule has 18 heavy (non-hydrogen) atoms. The Balaban J connectivity index is 3.26. The molecule has 4 N–H and O–H groups in total. The molecule has 0 bridgehead atoms. The topological polar surface area (TPSA) is 75.4 Å². The highest BCUT2D eigenvalue weighted by Gasteiger charge is 2.21. The summed E-state index contributed by atoms with van der Waals surface area (Å²) in [7, 11) is 0. The van der Waals surface area contributed by atoms with E-state index < -0.39 is 0 Å². The summed E-state index contributed by atoms with van der Waals surface area (Å²) < 4.78 is 0. The van der Waals surface area contributed by atoms with Crippen molar-refractivity contribution < 1.29 is 9.90 Å². The van der Waals surface area contributed by atoms with Crippen molar-refractivity contribution in [3.63, 3.8) is 0 Å². The molecule has 100 valence electrons. The lowest BCUT2D eigenvalue weighted by atomic mass is 9.83. The number of carbonyl (C=O) groups excluding carboxylic acids is 1. The third-order valence-electron chi connectivity index (χ3n) is 2.96. The molecule has 0 heterocycles. The number of rotatable bonds is 3. The molecule has 0 saturated carbocycles. The maximum atomic E-state index is 11.3. The van der Waals surface area contributed by atoms with Gasteiger partial charge in [-0.1, -0.05) is 39.8 Å². The van der Waals surface area contributed by atoms with Gasteiger partial charge in [-0.05, 0) is 28.5 Å². The first-order valence-corrected chi connectivity index (χ1v) is 6.14. The lowest BCUT2D eigenvalue weighted by Crippen LogP contribution is -2.31. The molecule has 1 amide bonds. The Labute approximate surface area is 108 Å². The second-order valence-electron chi connectivity index (χ2n) is 5.50. The predicted molar refractivity (Wildman–Crippen MR) is 72.2 cm³/mol. The van der Waals surface area contributed by atoms with Crippen molar-refractivity contribution in [2.75, 3.05) is 0 Å². The number of phenols is 1. The molecule has 1 aromatic carbocycles. The fourth-order valence-corrected chi connectivity index (χ4v) is 1.94. The minimum atomic E-state index is -0.234. The van der Waals surface area contributed by atoms with Crippen LogP contribution in [0.2, 0.25) is 0 Å². The van der Waals surface area contributed by atoms with Crippen LogP contribution in [0.5, 0.6) is 5.75 Å². The predicted octanol–water partition coefficient (Wildman–Crippen LogP) is 1.78. The number of benzene rings is 1. The van der Waals surface area contributed by atoms with E-state index in [-0.39, 0.29) is 17.7 Å². The zero-order valence-corrected chi connectivity index (χ0v) is 11.5. The summed E-state index contributed by atoms with van der Waals surface area (Å²) in [5, 5.41) is 10.2. The van der Waals surface area contributed by atoms with Crippen molar-refractivity contribution in [2.45, 2.75) is 46.0 Å². The molecule has 0 aromatic heterocycles. The molecule has 0 aliphatic carbocycles. The Morgan fingerprint density at radius 3 is 2.44 bits per heavy atom. The molecular weight excluding hydrogens is 228 g/mol. The third-order valence-corrected chi connectivity index (χ3v) is 2.96. The molecule has 0 radical (unpaired) electrons. The van der Waals surface area contributed by atoms with Crippen LogP contribution in [-0.2, 0) is 23.1 Å². The quantitative estimate of drug-likeness (QED) is 0.435. The van der Waals surface area contributed by atoms with Gasteiger partial charge < -0.3 is 5.11 Å². The van der Waals surface area contributed by atoms with Gasteiger partial charge in [-0.15, -0.1) is 0 Å². The number of hydrogen-bond acceptors (Lipinski definition) is 3. The Morgan fingerprint density at radius 2 is 2.00 bits per heavy atom. The lowest BCUT2D eigenvalue weighted by Gasteiger charge is -2.23. The fourth-order valence-electron chi connectivity index (χ4n) is 1.94. The maximum Gasteiger partial charge on any atom is 0.238 e. The number of hydrazine groups is 1. The standard InChI is InChI=1S/C14H22N2O2/c1-5-10-6-9(8-12(17)16-15)7-11(13(10)18)14(2,3)4/h6-7,18H,5,8,15H2,1-4H3,(H,16,17). The van der Waals surface area contributed by atoms with E-state index in [2.05, 4.69) is 5.43 Å². The zero-order valence-electron chi connectivity index (χ0n) is 11.5. The summed E-state index contributed by atoms with van der Waals surface area (Å²) in [6.45, 7) is 8.09. The monoisotopic (exact) mass is 250 g/mol. The van der Waals surface area contributed by atoms with Gasteiger partial charge in [0.25, 0.3) is 0 Å². The largest absolute Gasteiger partial charge is 0.507 e. The van der Waals surface area contributed by atoms with E-state index in [1.54, 1.807) is 0 Å². The van der Waals surface area contributed by atoms with Crippen LogP contribution in [0.25, 0.3) is 0 Å². The number of hydrogen-bond donors (Lipinski definition) is 3. The van der Waals surface area contributed by atoms with Crippen LogP contribution in [-0.4, -0.2) is 11.0 Å². The normalized spacial score (nSPS) is 11.4. The van der Waals surface area contributed by atoms with E-state index in [1.807, 2.05) is 39.8 Å². The Hall–Kier alpha value is -1.55. The highest BCUT2D eigenvalue weighted by molar-refractivity contribution is 5.78. The zero-order chi connectivity index (χ0) is 13.9. The maximum absolute atomic E-state index is 11.3. The van der Waals surface area contributed by atoms with E-state index in [4.69, 9.17) is 5.84 Å². The summed E-state index contributed by atoms with van der Waals surface area (Å²) in [6, 6.07) is 3.74. The Kier molecular flexibility index (Phi) is 4.35. The van der Waals surface area contributed by atoms with Gasteiger partial charge in [0.05, 0.1) is 6.42 Å². The molecular formula is C14H22N2O2. The second-order valence-corrected chi connectivity index (χ2v) is 5.50. The molecule has 1 rings (SSSR count). The molecule has 1 aromatic rings. The van der Waals surface area contributed by atoms with Crippen LogP contribution in [0.15, 0.2) is 12.1 Å². The number of nitrogens with one attached hydrogen (secondary N) is 1. The molecule has 0 atom stereocenters. The average molecular weight is 250 g/mol. The van der Waals surface area contributed by atoms with Crippen molar-refractivity contribution in [1.29, 1.82) is 0 Å². The summed E-state index contributed by atoms with van der Waals surface area (Å²) in [5.74, 6) is 5.20. The van der Waals surface area contributed by atoms with Crippen molar-refractivity contribution >= 4 is 5.91 Å². The second kappa shape index (κ2) is 5.40. The van der Waals surface area contributed by atoms with Gasteiger partial charge in [-0.2, -0.15) is 0 Å². The smallest absolute Gasteiger partial charge is 0.238 e. The number of carbonyl (C=O) groups is 1. The number of aryl methyl sites for hydroxylation is 1. The van der Waals surface area contributed by atoms with Crippen LogP contribution in [0.1, 0.15) is 44.4 Å². The number of phenolic OH excluding ortho intramolecular Hbond substituents is 1. The first-order chi connectivity index (χ1) is 8.29. The number of nitrogens with two attached hydrogens (primary N) is 1. The summed E-state index contributed by atoms with van der Waals surface area (Å²) in [4.78, 5) is 11.3. The Bertz CT molecular complexity index is 448. The highest BCUT2D eigenvalue weighted by Crippen LogP contribution is 2.34. The van der Waals surface area contributed by atoms with Gasteiger partial charge in [0.1, 0.15) is 5.75 Å². The SMILES string of the molecule is CCc1cc(CC(=O)NN)cc(C(C)(C)C)c1O. The van der Waals surface area contributed by atoms with E-state index in [0.29, 0.717) is 5.75 Å². The number of aromatic hydroxyl groups is 1. The molecule has 0 fully saturated rings. The molecule has 4 heteroatoms. The van der Waals surface area contributed by atoms with E-state index in [1.165, 1.54) is 0 Å². The van der Waals surface area contributed by atoms with Crippen LogP contribution in [0.4, 0.5) is 0 Å². The number of amides is 1.